The molecule has 2 atom stereocenters. The van der Waals surface area contributed by atoms with Gasteiger partial charge in [0.05, 0.1) is 6.54 Å². The third-order valence-electron chi connectivity index (χ3n) is 4.40. The number of hydrogen-bond acceptors (Lipinski definition) is 2. The number of carbonyl (C=O) groups excluding carboxylic acids is 2. The summed E-state index contributed by atoms with van der Waals surface area (Å²) in [6.45, 7) is 8.42. The van der Waals surface area contributed by atoms with Gasteiger partial charge in [0.1, 0.15) is 5.54 Å². The van der Waals surface area contributed by atoms with E-state index in [0.29, 0.717) is 11.8 Å². The highest BCUT2D eigenvalue weighted by Gasteiger charge is 2.53. The van der Waals surface area contributed by atoms with E-state index in [1.54, 1.807) is 0 Å². The van der Waals surface area contributed by atoms with E-state index in [2.05, 4.69) is 26.1 Å². The SMILES string of the molecule is CCC(C(C)C)N1CC(=O)NC(C)(C2CC2)C1=O. The molecule has 18 heavy (non-hydrogen) atoms. The Morgan fingerprint density at radius 2 is 2.00 bits per heavy atom. The van der Waals surface area contributed by atoms with Gasteiger partial charge in [-0.3, -0.25) is 9.59 Å². The van der Waals surface area contributed by atoms with Crippen LogP contribution in [0.3, 0.4) is 0 Å². The van der Waals surface area contributed by atoms with E-state index >= 15 is 0 Å². The second-order valence-electron chi connectivity index (χ2n) is 6.18. The maximum atomic E-state index is 12.7. The second-order valence-corrected chi connectivity index (χ2v) is 6.18. The minimum Gasteiger partial charge on any atom is -0.340 e. The van der Waals surface area contributed by atoms with Gasteiger partial charge < -0.3 is 10.2 Å². The Morgan fingerprint density at radius 1 is 1.39 bits per heavy atom. The van der Waals surface area contributed by atoms with E-state index in [4.69, 9.17) is 0 Å². The number of nitrogens with zero attached hydrogens (tertiary/aromatic N) is 1. The van der Waals surface area contributed by atoms with E-state index < -0.39 is 5.54 Å². The number of rotatable bonds is 4. The summed E-state index contributed by atoms with van der Waals surface area (Å²) in [7, 11) is 0. The number of hydrogen-bond donors (Lipinski definition) is 1. The highest BCUT2D eigenvalue weighted by Crippen LogP contribution is 2.42. The molecule has 102 valence electrons. The fourth-order valence-electron chi connectivity index (χ4n) is 3.16. The molecule has 4 heteroatoms. The van der Waals surface area contributed by atoms with Crippen molar-refractivity contribution in [3.8, 4) is 0 Å². The molecule has 1 saturated heterocycles. The molecule has 0 aromatic heterocycles. The first-order valence-corrected chi connectivity index (χ1v) is 7.02. The molecule has 2 rings (SSSR count). The maximum absolute atomic E-state index is 12.7. The molecule has 2 unspecified atom stereocenters. The van der Waals surface area contributed by atoms with Gasteiger partial charge in [-0.2, -0.15) is 0 Å². The average Bonchev–Trinajstić information content (AvgIpc) is 3.09. The van der Waals surface area contributed by atoms with Gasteiger partial charge in [-0.15, -0.1) is 0 Å². The van der Waals surface area contributed by atoms with Crippen LogP contribution in [0, 0.1) is 11.8 Å². The molecule has 0 radical (unpaired) electrons. The number of piperazine rings is 1. The maximum Gasteiger partial charge on any atom is 0.249 e. The molecule has 1 heterocycles. The fraction of sp³-hybridized carbons (Fsp3) is 0.857. The third kappa shape index (κ3) is 2.13. The van der Waals surface area contributed by atoms with Gasteiger partial charge in [0, 0.05) is 6.04 Å². The van der Waals surface area contributed by atoms with Crippen LogP contribution in [0.2, 0.25) is 0 Å². The van der Waals surface area contributed by atoms with Crippen LogP contribution in [-0.4, -0.2) is 34.8 Å². The zero-order valence-corrected chi connectivity index (χ0v) is 11.8. The Kier molecular flexibility index (Phi) is 3.39. The quantitative estimate of drug-likeness (QED) is 0.825. The first-order valence-electron chi connectivity index (χ1n) is 7.02. The summed E-state index contributed by atoms with van der Waals surface area (Å²) in [4.78, 5) is 26.4. The second kappa shape index (κ2) is 4.56. The van der Waals surface area contributed by atoms with Crippen LogP contribution in [0.25, 0.3) is 0 Å². The Morgan fingerprint density at radius 3 is 2.44 bits per heavy atom. The molecule has 2 aliphatic rings. The van der Waals surface area contributed by atoms with Crippen molar-refractivity contribution in [1.29, 1.82) is 0 Å². The lowest BCUT2D eigenvalue weighted by atomic mass is 9.88. The van der Waals surface area contributed by atoms with Gasteiger partial charge in [-0.05, 0) is 38.0 Å². The van der Waals surface area contributed by atoms with Gasteiger partial charge >= 0.3 is 0 Å². The smallest absolute Gasteiger partial charge is 0.249 e. The van der Waals surface area contributed by atoms with Crippen LogP contribution >= 0.6 is 0 Å². The highest BCUT2D eigenvalue weighted by atomic mass is 16.2. The monoisotopic (exact) mass is 252 g/mol. The fourth-order valence-corrected chi connectivity index (χ4v) is 3.16. The average molecular weight is 252 g/mol. The molecule has 1 aliphatic carbocycles. The minimum absolute atomic E-state index is 0.0110. The van der Waals surface area contributed by atoms with Gasteiger partial charge in [0.2, 0.25) is 11.8 Å². The third-order valence-corrected chi connectivity index (χ3v) is 4.40. The van der Waals surface area contributed by atoms with Crippen LogP contribution < -0.4 is 5.32 Å². The molecule has 0 aromatic rings. The summed E-state index contributed by atoms with van der Waals surface area (Å²) < 4.78 is 0. The molecular weight excluding hydrogens is 228 g/mol. The van der Waals surface area contributed by atoms with Crippen molar-refractivity contribution in [2.45, 2.75) is 58.5 Å². The Bertz CT molecular complexity index is 363. The van der Waals surface area contributed by atoms with E-state index in [9.17, 15) is 9.59 Å². The Balaban J connectivity index is 2.24. The largest absolute Gasteiger partial charge is 0.340 e. The predicted octanol–water partition coefficient (Wildman–Crippen LogP) is 1.55. The molecule has 0 bridgehead atoms. The summed E-state index contributed by atoms with van der Waals surface area (Å²) in [6.07, 6.45) is 3.00. The molecule has 2 amide bonds. The molecular formula is C14H24N2O2. The standard InChI is InChI=1S/C14H24N2O2/c1-5-11(9(2)3)16-8-12(17)15-14(4,13(16)18)10-6-7-10/h9-11H,5-8H2,1-4H3,(H,15,17). The predicted molar refractivity (Wildman–Crippen MR) is 69.9 cm³/mol. The van der Waals surface area contributed by atoms with Crippen molar-refractivity contribution in [2.24, 2.45) is 11.8 Å². The van der Waals surface area contributed by atoms with Gasteiger partial charge in [0.25, 0.3) is 0 Å². The lowest BCUT2D eigenvalue weighted by Gasteiger charge is -2.44. The van der Waals surface area contributed by atoms with Crippen molar-refractivity contribution < 1.29 is 9.59 Å². The van der Waals surface area contributed by atoms with Crippen LogP contribution in [-0.2, 0) is 9.59 Å². The summed E-state index contributed by atoms with van der Waals surface area (Å²) in [6, 6.07) is 0.168. The highest BCUT2D eigenvalue weighted by molar-refractivity contribution is 5.98. The number of nitrogens with one attached hydrogen (secondary N) is 1. The van der Waals surface area contributed by atoms with Crippen molar-refractivity contribution in [1.82, 2.24) is 10.2 Å². The van der Waals surface area contributed by atoms with Gasteiger partial charge in [0.15, 0.2) is 0 Å². The van der Waals surface area contributed by atoms with Crippen LogP contribution in [0.1, 0.15) is 47.0 Å². The lowest BCUT2D eigenvalue weighted by molar-refractivity contribution is -0.153. The van der Waals surface area contributed by atoms with Crippen molar-refractivity contribution >= 4 is 11.8 Å². The first-order chi connectivity index (χ1) is 8.40. The van der Waals surface area contributed by atoms with Crippen molar-refractivity contribution in [3.63, 3.8) is 0 Å². The first kappa shape index (κ1) is 13.4. The summed E-state index contributed by atoms with van der Waals surface area (Å²) >= 11 is 0. The Hall–Kier alpha value is -1.06. The summed E-state index contributed by atoms with van der Waals surface area (Å²) in [5.41, 5.74) is -0.655. The van der Waals surface area contributed by atoms with Crippen LogP contribution in [0.4, 0.5) is 0 Å². The van der Waals surface area contributed by atoms with E-state index in [1.165, 1.54) is 0 Å². The summed E-state index contributed by atoms with van der Waals surface area (Å²) in [5, 5.41) is 2.92. The van der Waals surface area contributed by atoms with E-state index in [1.807, 2.05) is 11.8 Å². The molecule has 1 saturated carbocycles. The topological polar surface area (TPSA) is 49.4 Å². The van der Waals surface area contributed by atoms with Gasteiger partial charge in [-0.25, -0.2) is 0 Å². The van der Waals surface area contributed by atoms with Crippen molar-refractivity contribution in [3.05, 3.63) is 0 Å². The number of amides is 2. The lowest BCUT2D eigenvalue weighted by Crippen LogP contribution is -2.68. The van der Waals surface area contributed by atoms with E-state index in [0.717, 1.165) is 19.3 Å². The van der Waals surface area contributed by atoms with Crippen LogP contribution in [0.5, 0.6) is 0 Å². The minimum atomic E-state index is -0.655. The molecule has 0 aromatic carbocycles. The zero-order valence-electron chi connectivity index (χ0n) is 11.8. The Labute approximate surface area is 109 Å². The van der Waals surface area contributed by atoms with Crippen LogP contribution in [0.15, 0.2) is 0 Å². The normalized spacial score (nSPS) is 30.6. The molecule has 1 aliphatic heterocycles. The van der Waals surface area contributed by atoms with Gasteiger partial charge in [-0.1, -0.05) is 20.8 Å². The molecule has 0 spiro atoms. The number of carbonyl (C=O) groups is 2. The summed E-state index contributed by atoms with van der Waals surface area (Å²) in [5.74, 6) is 0.822. The molecule has 2 fully saturated rings. The molecule has 4 nitrogen and oxygen atoms in total. The van der Waals surface area contributed by atoms with E-state index in [-0.39, 0.29) is 24.4 Å². The zero-order chi connectivity index (χ0) is 13.5. The van der Waals surface area contributed by atoms with Crippen molar-refractivity contribution in [2.75, 3.05) is 6.54 Å². The molecule has 1 N–H and O–H groups in total.